The Bertz CT molecular complexity index is 1300. The standard InChI is InChI=1S/C26H20Cl2N2O5/c1-2-34-22-9-7-21(8-10-22)30-25(31)19(14-29)11-18-12-20(27)13-23(28)24(18)35-15-16-3-5-17(6-4-16)26(32)33/h3-13H,2,15H2,1H3,(H,30,31)(H,32,33)/b19-11+. The van der Waals surface area contributed by atoms with Crippen molar-refractivity contribution in [3.8, 4) is 17.6 Å². The number of halogens is 2. The molecule has 0 unspecified atom stereocenters. The maximum Gasteiger partial charge on any atom is 0.335 e. The third-order valence-electron chi connectivity index (χ3n) is 4.71. The van der Waals surface area contributed by atoms with E-state index in [1.54, 1.807) is 36.4 Å². The zero-order chi connectivity index (χ0) is 25.4. The molecule has 0 bridgehead atoms. The van der Waals surface area contributed by atoms with Crippen molar-refractivity contribution in [2.24, 2.45) is 0 Å². The maximum absolute atomic E-state index is 12.7. The topological polar surface area (TPSA) is 109 Å². The van der Waals surface area contributed by atoms with E-state index in [0.717, 1.165) is 0 Å². The molecule has 0 fully saturated rings. The fourth-order valence-corrected chi connectivity index (χ4v) is 3.61. The van der Waals surface area contributed by atoms with Gasteiger partial charge in [-0.3, -0.25) is 4.79 Å². The van der Waals surface area contributed by atoms with Crippen LogP contribution in [-0.4, -0.2) is 23.6 Å². The number of hydrogen-bond donors (Lipinski definition) is 2. The number of benzene rings is 3. The van der Waals surface area contributed by atoms with E-state index in [1.165, 1.54) is 30.3 Å². The number of carbonyl (C=O) groups is 2. The van der Waals surface area contributed by atoms with Gasteiger partial charge in [-0.25, -0.2) is 4.79 Å². The largest absolute Gasteiger partial charge is 0.494 e. The lowest BCUT2D eigenvalue weighted by Gasteiger charge is -2.13. The molecule has 2 N–H and O–H groups in total. The molecule has 0 atom stereocenters. The van der Waals surface area contributed by atoms with Crippen LogP contribution in [0.4, 0.5) is 5.69 Å². The van der Waals surface area contributed by atoms with Gasteiger partial charge in [-0.15, -0.1) is 0 Å². The number of amides is 1. The summed E-state index contributed by atoms with van der Waals surface area (Å²) >= 11 is 12.5. The van der Waals surface area contributed by atoms with E-state index in [-0.39, 0.29) is 28.5 Å². The van der Waals surface area contributed by atoms with Crippen LogP contribution in [0.1, 0.15) is 28.4 Å². The Morgan fingerprint density at radius 3 is 2.34 bits per heavy atom. The molecule has 0 aliphatic carbocycles. The van der Waals surface area contributed by atoms with E-state index >= 15 is 0 Å². The van der Waals surface area contributed by atoms with Crippen LogP contribution >= 0.6 is 23.2 Å². The summed E-state index contributed by atoms with van der Waals surface area (Å²) in [6.45, 7) is 2.46. The third-order valence-corrected chi connectivity index (χ3v) is 5.21. The highest BCUT2D eigenvalue weighted by atomic mass is 35.5. The number of aromatic carboxylic acids is 1. The molecule has 0 aromatic heterocycles. The summed E-state index contributed by atoms with van der Waals surface area (Å²) in [5.74, 6) is -0.768. The number of anilines is 1. The summed E-state index contributed by atoms with van der Waals surface area (Å²) in [6, 6.07) is 17.8. The molecule has 9 heteroatoms. The lowest BCUT2D eigenvalue weighted by molar-refractivity contribution is -0.112. The predicted molar refractivity (Wildman–Crippen MR) is 134 cm³/mol. The molecule has 0 spiro atoms. The second-order valence-electron chi connectivity index (χ2n) is 7.18. The fraction of sp³-hybridized carbons (Fsp3) is 0.115. The van der Waals surface area contributed by atoms with E-state index in [2.05, 4.69) is 5.32 Å². The van der Waals surface area contributed by atoms with Crippen molar-refractivity contribution in [3.05, 3.63) is 93.0 Å². The average Bonchev–Trinajstić information content (AvgIpc) is 2.83. The molecule has 0 radical (unpaired) electrons. The second kappa shape index (κ2) is 11.9. The minimum atomic E-state index is -1.03. The normalized spacial score (nSPS) is 10.9. The van der Waals surface area contributed by atoms with Gasteiger partial charge in [0.15, 0.2) is 0 Å². The first-order chi connectivity index (χ1) is 16.8. The van der Waals surface area contributed by atoms with Crippen LogP contribution in [0.3, 0.4) is 0 Å². The Balaban J connectivity index is 1.82. The first-order valence-corrected chi connectivity index (χ1v) is 11.2. The summed E-state index contributed by atoms with van der Waals surface area (Å²) in [5.41, 5.74) is 1.49. The zero-order valence-electron chi connectivity index (χ0n) is 18.5. The number of rotatable bonds is 9. The monoisotopic (exact) mass is 510 g/mol. The average molecular weight is 511 g/mol. The summed E-state index contributed by atoms with van der Waals surface area (Å²) in [6.07, 6.45) is 1.34. The number of hydrogen-bond acceptors (Lipinski definition) is 5. The first-order valence-electron chi connectivity index (χ1n) is 10.4. The number of carbonyl (C=O) groups excluding carboxylic acids is 1. The van der Waals surface area contributed by atoms with Gasteiger partial charge in [0.1, 0.15) is 29.7 Å². The number of nitriles is 1. The van der Waals surface area contributed by atoms with Crippen molar-refractivity contribution in [2.75, 3.05) is 11.9 Å². The van der Waals surface area contributed by atoms with Crippen molar-refractivity contribution in [3.63, 3.8) is 0 Å². The molecule has 3 rings (SSSR count). The Morgan fingerprint density at radius 2 is 1.74 bits per heavy atom. The summed E-state index contributed by atoms with van der Waals surface area (Å²) < 4.78 is 11.2. The minimum absolute atomic E-state index is 0.0718. The zero-order valence-corrected chi connectivity index (χ0v) is 20.1. The minimum Gasteiger partial charge on any atom is -0.494 e. The van der Waals surface area contributed by atoms with Gasteiger partial charge in [0.25, 0.3) is 5.91 Å². The van der Waals surface area contributed by atoms with Crippen molar-refractivity contribution in [1.29, 1.82) is 5.26 Å². The van der Waals surface area contributed by atoms with Crippen LogP contribution < -0.4 is 14.8 Å². The van der Waals surface area contributed by atoms with Gasteiger partial charge < -0.3 is 19.9 Å². The molecule has 7 nitrogen and oxygen atoms in total. The van der Waals surface area contributed by atoms with E-state index < -0.39 is 11.9 Å². The predicted octanol–water partition coefficient (Wildman–Crippen LogP) is 6.21. The Hall–Kier alpha value is -3.99. The van der Waals surface area contributed by atoms with Crippen molar-refractivity contribution in [1.82, 2.24) is 0 Å². The van der Waals surface area contributed by atoms with Gasteiger partial charge in [-0.1, -0.05) is 35.3 Å². The van der Waals surface area contributed by atoms with Gasteiger partial charge in [0.05, 0.1) is 17.2 Å². The van der Waals surface area contributed by atoms with Crippen LogP contribution in [0, 0.1) is 11.3 Å². The highest BCUT2D eigenvalue weighted by Crippen LogP contribution is 2.34. The second-order valence-corrected chi connectivity index (χ2v) is 8.02. The van der Waals surface area contributed by atoms with Gasteiger partial charge in [-0.05, 0) is 67.1 Å². The Morgan fingerprint density at radius 1 is 1.06 bits per heavy atom. The number of nitrogens with zero attached hydrogens (tertiary/aromatic N) is 1. The maximum atomic E-state index is 12.7. The van der Waals surface area contributed by atoms with Gasteiger partial charge in [-0.2, -0.15) is 5.26 Å². The molecule has 0 saturated heterocycles. The molecule has 0 aliphatic rings. The SMILES string of the molecule is CCOc1ccc(NC(=O)/C(C#N)=C/c2cc(Cl)cc(Cl)c2OCc2ccc(C(=O)O)cc2)cc1. The Kier molecular flexibility index (Phi) is 8.74. The molecule has 35 heavy (non-hydrogen) atoms. The van der Waals surface area contributed by atoms with Crippen LogP contribution in [0.25, 0.3) is 6.08 Å². The lowest BCUT2D eigenvalue weighted by Crippen LogP contribution is -2.13. The molecule has 3 aromatic carbocycles. The van der Waals surface area contributed by atoms with Gasteiger partial charge in [0, 0.05) is 16.3 Å². The van der Waals surface area contributed by atoms with Crippen LogP contribution in [0.2, 0.25) is 10.0 Å². The summed E-state index contributed by atoms with van der Waals surface area (Å²) in [4.78, 5) is 23.7. The molecule has 0 aliphatic heterocycles. The quantitative estimate of drug-likeness (QED) is 0.261. The third kappa shape index (κ3) is 7.00. The smallest absolute Gasteiger partial charge is 0.335 e. The highest BCUT2D eigenvalue weighted by molar-refractivity contribution is 6.36. The van der Waals surface area contributed by atoms with Crippen molar-refractivity contribution in [2.45, 2.75) is 13.5 Å². The van der Waals surface area contributed by atoms with E-state index in [9.17, 15) is 14.9 Å². The number of carboxylic acids is 1. The van der Waals surface area contributed by atoms with E-state index in [1.807, 2.05) is 13.0 Å². The first kappa shape index (κ1) is 25.6. The molecule has 178 valence electrons. The van der Waals surface area contributed by atoms with Crippen LogP contribution in [-0.2, 0) is 11.4 Å². The molecule has 1 amide bonds. The molecule has 0 saturated carbocycles. The van der Waals surface area contributed by atoms with Crippen LogP contribution in [0.5, 0.6) is 11.5 Å². The number of ether oxygens (including phenoxy) is 2. The van der Waals surface area contributed by atoms with Crippen molar-refractivity contribution < 1.29 is 24.2 Å². The Labute approximate surface area is 212 Å². The van der Waals surface area contributed by atoms with Gasteiger partial charge in [0.2, 0.25) is 0 Å². The molecular weight excluding hydrogens is 491 g/mol. The number of carboxylic acid groups (broad SMARTS) is 1. The summed E-state index contributed by atoms with van der Waals surface area (Å²) in [7, 11) is 0. The fourth-order valence-electron chi connectivity index (χ4n) is 3.04. The highest BCUT2D eigenvalue weighted by Gasteiger charge is 2.15. The lowest BCUT2D eigenvalue weighted by atomic mass is 10.1. The number of nitrogens with one attached hydrogen (secondary N) is 1. The molecular formula is C26H20Cl2N2O5. The summed E-state index contributed by atoms with van der Waals surface area (Å²) in [5, 5.41) is 21.8. The van der Waals surface area contributed by atoms with Crippen molar-refractivity contribution >= 4 is 46.8 Å². The van der Waals surface area contributed by atoms with Gasteiger partial charge >= 0.3 is 5.97 Å². The molecule has 0 heterocycles. The van der Waals surface area contributed by atoms with E-state index in [4.69, 9.17) is 37.8 Å². The van der Waals surface area contributed by atoms with E-state index in [0.29, 0.717) is 34.2 Å². The van der Waals surface area contributed by atoms with Crippen LogP contribution in [0.15, 0.2) is 66.2 Å². The molecule has 3 aromatic rings.